The van der Waals surface area contributed by atoms with Crippen molar-refractivity contribution in [3.63, 3.8) is 0 Å². The van der Waals surface area contributed by atoms with E-state index in [2.05, 4.69) is 15.4 Å². The molecule has 0 bridgehead atoms. The maximum atomic E-state index is 11.6. The van der Waals surface area contributed by atoms with Crippen LogP contribution in [0.25, 0.3) is 0 Å². The average molecular weight is 391 g/mol. The number of hydrogen-bond acceptors (Lipinski definition) is 5. The maximum Gasteiger partial charge on any atom is 0.490 e. The van der Waals surface area contributed by atoms with E-state index in [1.807, 2.05) is 13.8 Å². The first-order valence-electron chi connectivity index (χ1n) is 8.78. The van der Waals surface area contributed by atoms with Gasteiger partial charge in [0, 0.05) is 37.2 Å². The second-order valence-electron chi connectivity index (χ2n) is 7.06. The normalized spacial score (nSPS) is 20.0. The van der Waals surface area contributed by atoms with Crippen molar-refractivity contribution in [1.82, 2.24) is 15.4 Å². The summed E-state index contributed by atoms with van der Waals surface area (Å²) in [5.74, 6) is -1.60. The molecule has 3 rings (SSSR count). The summed E-state index contributed by atoms with van der Waals surface area (Å²) in [6.07, 6.45) is -0.0949. The summed E-state index contributed by atoms with van der Waals surface area (Å²) in [6.45, 7) is 6.95. The predicted octanol–water partition coefficient (Wildman–Crippen LogP) is 2.56. The lowest BCUT2D eigenvalue weighted by Crippen LogP contribution is -2.57. The van der Waals surface area contributed by atoms with Crippen LogP contribution in [-0.4, -0.2) is 51.8 Å². The molecule has 0 radical (unpaired) electrons. The Labute approximate surface area is 154 Å². The first-order chi connectivity index (χ1) is 12.5. The summed E-state index contributed by atoms with van der Waals surface area (Å²) in [7, 11) is 0. The van der Waals surface area contributed by atoms with Gasteiger partial charge < -0.3 is 14.9 Å². The quantitative estimate of drug-likeness (QED) is 0.805. The number of nitrogens with zero attached hydrogens (tertiary/aromatic N) is 2. The number of nitrogens with one attached hydrogen (secondary N) is 1. The number of carbonyl (C=O) groups excluding carboxylic acids is 1. The van der Waals surface area contributed by atoms with E-state index < -0.39 is 12.1 Å². The van der Waals surface area contributed by atoms with Crippen molar-refractivity contribution in [3.05, 3.63) is 17.0 Å². The number of hydrogen-bond donors (Lipinski definition) is 2. The van der Waals surface area contributed by atoms with E-state index in [4.69, 9.17) is 14.4 Å². The number of carbonyl (C=O) groups is 2. The molecule has 10 heteroatoms. The average Bonchev–Trinajstić information content (AvgIpc) is 2.88. The second-order valence-corrected chi connectivity index (χ2v) is 7.06. The van der Waals surface area contributed by atoms with Gasteiger partial charge in [-0.1, -0.05) is 5.16 Å². The summed E-state index contributed by atoms with van der Waals surface area (Å²) in [4.78, 5) is 23.0. The number of likely N-dealkylation sites (tertiary alicyclic amines) is 1. The predicted molar refractivity (Wildman–Crippen MR) is 88.9 cm³/mol. The molecular formula is C17H24F3N3O4. The number of alkyl halides is 3. The Balaban J connectivity index is 0.000000321. The number of aliphatic carboxylic acids is 1. The minimum absolute atomic E-state index is 0.0740. The Bertz CT molecular complexity index is 660. The molecule has 1 aromatic rings. The number of amides is 1. The molecule has 2 fully saturated rings. The number of aromatic nitrogens is 1. The Kier molecular flexibility index (Phi) is 6.50. The Morgan fingerprint density at radius 2 is 1.89 bits per heavy atom. The summed E-state index contributed by atoms with van der Waals surface area (Å²) in [5, 5.41) is 14.4. The fourth-order valence-corrected chi connectivity index (χ4v) is 3.47. The lowest BCUT2D eigenvalue weighted by atomic mass is 9.80. The molecule has 1 aromatic heterocycles. The van der Waals surface area contributed by atoms with Crippen LogP contribution in [0.2, 0.25) is 0 Å². The first-order valence-corrected chi connectivity index (χ1v) is 8.78. The zero-order valence-corrected chi connectivity index (χ0v) is 15.4. The molecule has 0 atom stereocenters. The van der Waals surface area contributed by atoms with Crippen molar-refractivity contribution in [2.45, 2.75) is 64.2 Å². The monoisotopic (exact) mass is 391 g/mol. The Morgan fingerprint density at radius 1 is 1.30 bits per heavy atom. The molecule has 2 saturated heterocycles. The standard InChI is InChI=1S/C15H23N3O2.C2HF3O2/c1-11-13(12(2)20-17-11)10-18-8-6-15(7-9-18)5-3-4-14(19)16-15;3-2(4,5)1(6)7/h3-10H2,1-2H3,(H,16,19);(H,6,7). The summed E-state index contributed by atoms with van der Waals surface area (Å²) < 4.78 is 37.0. The van der Waals surface area contributed by atoms with Crippen molar-refractivity contribution in [3.8, 4) is 0 Å². The van der Waals surface area contributed by atoms with Crippen LogP contribution in [0.1, 0.15) is 49.1 Å². The van der Waals surface area contributed by atoms with Gasteiger partial charge in [0.25, 0.3) is 0 Å². The van der Waals surface area contributed by atoms with Crippen LogP contribution < -0.4 is 5.32 Å². The van der Waals surface area contributed by atoms with E-state index in [-0.39, 0.29) is 11.4 Å². The zero-order valence-electron chi connectivity index (χ0n) is 15.4. The third-order valence-electron chi connectivity index (χ3n) is 5.08. The van der Waals surface area contributed by atoms with Crippen molar-refractivity contribution < 1.29 is 32.4 Å². The van der Waals surface area contributed by atoms with E-state index in [0.717, 1.165) is 56.8 Å². The second kappa shape index (κ2) is 8.28. The number of halogens is 3. The molecule has 0 unspecified atom stereocenters. The molecule has 0 aromatic carbocycles. The highest BCUT2D eigenvalue weighted by atomic mass is 19.4. The SMILES string of the molecule is Cc1noc(C)c1CN1CCC2(CCCC(=O)N2)CC1.O=C(O)C(F)(F)F. The third-order valence-corrected chi connectivity index (χ3v) is 5.08. The number of carboxylic acid groups (broad SMARTS) is 1. The molecule has 1 spiro atoms. The van der Waals surface area contributed by atoms with Gasteiger partial charge in [-0.2, -0.15) is 13.2 Å². The molecule has 2 aliphatic heterocycles. The minimum atomic E-state index is -5.08. The van der Waals surface area contributed by atoms with Crippen molar-refractivity contribution in [1.29, 1.82) is 0 Å². The molecular weight excluding hydrogens is 367 g/mol. The molecule has 3 heterocycles. The minimum Gasteiger partial charge on any atom is -0.475 e. The van der Waals surface area contributed by atoms with Crippen LogP contribution >= 0.6 is 0 Å². The first kappa shape index (κ1) is 21.2. The van der Waals surface area contributed by atoms with Crippen molar-refractivity contribution >= 4 is 11.9 Å². The van der Waals surface area contributed by atoms with Gasteiger partial charge in [0.15, 0.2) is 0 Å². The zero-order chi connectivity index (χ0) is 20.2. The topological polar surface area (TPSA) is 95.7 Å². The smallest absolute Gasteiger partial charge is 0.475 e. The van der Waals surface area contributed by atoms with Gasteiger partial charge in [-0.25, -0.2) is 4.79 Å². The molecule has 0 saturated carbocycles. The van der Waals surface area contributed by atoms with E-state index in [9.17, 15) is 18.0 Å². The van der Waals surface area contributed by atoms with Gasteiger partial charge in [0.05, 0.1) is 5.69 Å². The van der Waals surface area contributed by atoms with E-state index in [0.29, 0.717) is 6.42 Å². The lowest BCUT2D eigenvalue weighted by Gasteiger charge is -2.44. The Morgan fingerprint density at radius 3 is 2.33 bits per heavy atom. The van der Waals surface area contributed by atoms with Crippen LogP contribution in [0.4, 0.5) is 13.2 Å². The number of aryl methyl sites for hydroxylation is 2. The van der Waals surface area contributed by atoms with Crippen LogP contribution in [0.3, 0.4) is 0 Å². The Hall–Kier alpha value is -2.10. The van der Waals surface area contributed by atoms with E-state index in [1.54, 1.807) is 0 Å². The fourth-order valence-electron chi connectivity index (χ4n) is 3.47. The third kappa shape index (κ3) is 5.69. The highest BCUT2D eigenvalue weighted by Gasteiger charge is 2.39. The summed E-state index contributed by atoms with van der Waals surface area (Å²) in [5.41, 5.74) is 2.28. The highest BCUT2D eigenvalue weighted by molar-refractivity contribution is 5.77. The molecule has 2 aliphatic rings. The van der Waals surface area contributed by atoms with Crippen LogP contribution in [0.15, 0.2) is 4.52 Å². The summed E-state index contributed by atoms with van der Waals surface area (Å²) in [6, 6.07) is 0. The van der Waals surface area contributed by atoms with E-state index >= 15 is 0 Å². The highest BCUT2D eigenvalue weighted by Crippen LogP contribution is 2.31. The molecule has 7 nitrogen and oxygen atoms in total. The largest absolute Gasteiger partial charge is 0.490 e. The molecule has 27 heavy (non-hydrogen) atoms. The molecule has 0 aliphatic carbocycles. The van der Waals surface area contributed by atoms with Gasteiger partial charge in [0.1, 0.15) is 5.76 Å². The fraction of sp³-hybridized carbons (Fsp3) is 0.706. The van der Waals surface area contributed by atoms with Crippen LogP contribution in [-0.2, 0) is 16.1 Å². The lowest BCUT2D eigenvalue weighted by molar-refractivity contribution is -0.192. The van der Waals surface area contributed by atoms with E-state index in [1.165, 1.54) is 5.56 Å². The van der Waals surface area contributed by atoms with Gasteiger partial charge in [-0.15, -0.1) is 0 Å². The van der Waals surface area contributed by atoms with Crippen molar-refractivity contribution in [2.75, 3.05) is 13.1 Å². The number of rotatable bonds is 2. The molecule has 1 amide bonds. The van der Waals surface area contributed by atoms with Crippen LogP contribution in [0, 0.1) is 13.8 Å². The number of piperidine rings is 2. The van der Waals surface area contributed by atoms with Gasteiger partial charge in [-0.05, 0) is 39.5 Å². The number of carboxylic acids is 1. The van der Waals surface area contributed by atoms with Crippen LogP contribution in [0.5, 0.6) is 0 Å². The molecule has 2 N–H and O–H groups in total. The molecule has 152 valence electrons. The van der Waals surface area contributed by atoms with Gasteiger partial charge >= 0.3 is 12.1 Å². The maximum absolute atomic E-state index is 11.6. The summed E-state index contributed by atoms with van der Waals surface area (Å²) >= 11 is 0. The van der Waals surface area contributed by atoms with Gasteiger partial charge in [-0.3, -0.25) is 9.69 Å². The van der Waals surface area contributed by atoms with Gasteiger partial charge in [0.2, 0.25) is 5.91 Å². The van der Waals surface area contributed by atoms with Crippen molar-refractivity contribution in [2.24, 2.45) is 0 Å².